The molecule has 1 aliphatic carbocycles. The third kappa shape index (κ3) is 7.79. The van der Waals surface area contributed by atoms with Gasteiger partial charge in [0.05, 0.1) is 33.1 Å². The topological polar surface area (TPSA) is 145 Å². The molecule has 0 unspecified atom stereocenters. The van der Waals surface area contributed by atoms with E-state index in [1.54, 1.807) is 33.5 Å². The maximum absolute atomic E-state index is 13.8. The quantitative estimate of drug-likeness (QED) is 0.160. The predicted molar refractivity (Wildman–Crippen MR) is 188 cm³/mol. The van der Waals surface area contributed by atoms with Gasteiger partial charge >= 0.3 is 0 Å². The molecular weight excluding hydrogens is 624 g/mol. The number of fused-ring (bicyclic) bond motifs is 4. The number of nitrogens with one attached hydrogen (secondary N) is 3. The summed E-state index contributed by atoms with van der Waals surface area (Å²) in [6, 6.07) is 11.8. The fraction of sp³-hybridized carbons (Fsp3) is 0.432. The summed E-state index contributed by atoms with van der Waals surface area (Å²) in [4.78, 5) is 39.5. The number of methoxy groups -OCH3 is 3. The first kappa shape index (κ1) is 35.2. The van der Waals surface area contributed by atoms with Crippen molar-refractivity contribution in [3.05, 3.63) is 75.8 Å². The third-order valence-electron chi connectivity index (χ3n) is 8.94. The van der Waals surface area contributed by atoms with E-state index in [1.165, 1.54) is 6.92 Å². The third-order valence-corrected chi connectivity index (χ3v) is 8.94. The van der Waals surface area contributed by atoms with Crippen LogP contribution in [0.3, 0.4) is 0 Å². The highest BCUT2D eigenvalue weighted by Crippen LogP contribution is 2.50. The van der Waals surface area contributed by atoms with E-state index in [9.17, 15) is 14.4 Å². The van der Waals surface area contributed by atoms with Gasteiger partial charge < -0.3 is 30.2 Å². The molecule has 2 heterocycles. The van der Waals surface area contributed by atoms with Gasteiger partial charge in [0.1, 0.15) is 11.9 Å². The van der Waals surface area contributed by atoms with Crippen LogP contribution in [0.1, 0.15) is 69.4 Å². The van der Waals surface area contributed by atoms with Crippen LogP contribution in [-0.2, 0) is 22.4 Å². The van der Waals surface area contributed by atoms with Gasteiger partial charge in [-0.3, -0.25) is 18.8 Å². The highest BCUT2D eigenvalue weighted by Gasteiger charge is 2.30. The van der Waals surface area contributed by atoms with Gasteiger partial charge in [-0.1, -0.05) is 32.4 Å². The van der Waals surface area contributed by atoms with Crippen LogP contribution in [0, 0.1) is 5.92 Å². The van der Waals surface area contributed by atoms with Gasteiger partial charge in [-0.2, -0.15) is 0 Å². The van der Waals surface area contributed by atoms with Crippen LogP contribution in [0.15, 0.2) is 53.5 Å². The Labute approximate surface area is 286 Å². The summed E-state index contributed by atoms with van der Waals surface area (Å²) >= 11 is 0. The fourth-order valence-electron chi connectivity index (χ4n) is 6.50. The van der Waals surface area contributed by atoms with Crippen molar-refractivity contribution in [2.45, 2.75) is 71.4 Å². The molecule has 2 aromatic heterocycles. The summed E-state index contributed by atoms with van der Waals surface area (Å²) in [6.07, 6.45) is 6.58. The molecule has 12 heteroatoms. The number of carbonyl (C=O) groups excluding carboxylic acids is 2. The molecule has 2 amide bonds. The van der Waals surface area contributed by atoms with E-state index in [-0.39, 0.29) is 28.8 Å². The minimum atomic E-state index is -0.644. The molecule has 1 aliphatic rings. The van der Waals surface area contributed by atoms with E-state index in [4.69, 9.17) is 14.2 Å². The standard InChI is InChI=1S/C37H46N6O6/c1-22(2)34(37(46)38-18-10-7-8-12-31-41-42-32-13-9-11-19-43(31)32)40-28-17-15-25-26(21-29(28)45)27(39-23(3)44)16-14-24-20-30(47-4)35(48-5)36(49-6)33(24)25/h9,11,13,15,17,19-22,27,34H,7-8,10,12,14,16,18H2,1-6H3,(H,38,46)(H,39,44)(H,40,45)/t27-,34-/m0/s1. The van der Waals surface area contributed by atoms with Gasteiger partial charge in [-0.05, 0) is 78.6 Å². The Morgan fingerprint density at radius 2 is 1.78 bits per heavy atom. The second-order valence-electron chi connectivity index (χ2n) is 12.6. The van der Waals surface area contributed by atoms with E-state index < -0.39 is 12.1 Å². The largest absolute Gasteiger partial charge is 0.493 e. The SMILES string of the molecule is COc1cc2c(c(OC)c1OC)-c1ccc(N[C@H](C(=O)NCCCCCc3nnc4ccccn34)C(C)C)c(=O)cc1[C@@H](NC(C)=O)CC2. The van der Waals surface area contributed by atoms with Crippen molar-refractivity contribution in [1.82, 2.24) is 25.2 Å². The second-order valence-corrected chi connectivity index (χ2v) is 12.6. The molecule has 3 N–H and O–H groups in total. The minimum absolute atomic E-state index is 0.103. The van der Waals surface area contributed by atoms with E-state index in [0.717, 1.165) is 53.8 Å². The van der Waals surface area contributed by atoms with Gasteiger partial charge in [0.15, 0.2) is 17.1 Å². The molecule has 0 saturated heterocycles. The summed E-state index contributed by atoms with van der Waals surface area (Å²) in [5.74, 6) is 1.88. The summed E-state index contributed by atoms with van der Waals surface area (Å²) in [6.45, 7) is 5.86. The Balaban J connectivity index is 1.35. The van der Waals surface area contributed by atoms with Crippen LogP contribution in [0.25, 0.3) is 16.8 Å². The monoisotopic (exact) mass is 670 g/mol. The number of ether oxygens (including phenoxy) is 3. The normalized spacial score (nSPS) is 14.3. The summed E-state index contributed by atoms with van der Waals surface area (Å²) in [7, 11) is 4.68. The molecule has 49 heavy (non-hydrogen) atoms. The molecule has 12 nitrogen and oxygen atoms in total. The molecule has 0 fully saturated rings. The highest BCUT2D eigenvalue weighted by molar-refractivity contribution is 5.86. The summed E-state index contributed by atoms with van der Waals surface area (Å²) in [5.41, 5.74) is 3.90. The van der Waals surface area contributed by atoms with Crippen molar-refractivity contribution < 1.29 is 23.8 Å². The van der Waals surface area contributed by atoms with Crippen molar-refractivity contribution in [2.24, 2.45) is 5.92 Å². The van der Waals surface area contributed by atoms with Gasteiger partial charge in [-0.15, -0.1) is 10.2 Å². The average molecular weight is 671 g/mol. The number of aryl methyl sites for hydroxylation is 2. The molecule has 2 atom stereocenters. The molecule has 0 spiro atoms. The molecular formula is C37H46N6O6. The van der Waals surface area contributed by atoms with E-state index in [1.807, 2.05) is 54.8 Å². The Morgan fingerprint density at radius 1 is 0.980 bits per heavy atom. The van der Waals surface area contributed by atoms with Crippen molar-refractivity contribution >= 4 is 23.1 Å². The fourth-order valence-corrected chi connectivity index (χ4v) is 6.50. The van der Waals surface area contributed by atoms with Gasteiger partial charge in [0.25, 0.3) is 0 Å². The number of anilines is 1. The lowest BCUT2D eigenvalue weighted by Crippen LogP contribution is -2.44. The van der Waals surface area contributed by atoms with Gasteiger partial charge in [0, 0.05) is 31.6 Å². The number of rotatable bonds is 14. The number of hydrogen-bond acceptors (Lipinski definition) is 9. The molecule has 0 aliphatic heterocycles. The van der Waals surface area contributed by atoms with Gasteiger partial charge in [0.2, 0.25) is 23.0 Å². The first-order valence-electron chi connectivity index (χ1n) is 16.8. The zero-order valence-corrected chi connectivity index (χ0v) is 29.1. The highest BCUT2D eigenvalue weighted by atomic mass is 16.5. The van der Waals surface area contributed by atoms with Crippen LogP contribution in [0.2, 0.25) is 0 Å². The number of unbranched alkanes of at least 4 members (excludes halogenated alkanes) is 2. The molecule has 260 valence electrons. The van der Waals surface area contributed by atoms with Crippen LogP contribution in [-0.4, -0.2) is 60.3 Å². The van der Waals surface area contributed by atoms with Crippen molar-refractivity contribution in [3.8, 4) is 28.4 Å². The van der Waals surface area contributed by atoms with E-state index in [2.05, 4.69) is 26.1 Å². The van der Waals surface area contributed by atoms with E-state index >= 15 is 0 Å². The summed E-state index contributed by atoms with van der Waals surface area (Å²) < 4.78 is 19.2. The van der Waals surface area contributed by atoms with Crippen molar-refractivity contribution in [1.29, 1.82) is 0 Å². The number of nitrogens with zero attached hydrogens (tertiary/aromatic N) is 3. The zero-order chi connectivity index (χ0) is 35.1. The summed E-state index contributed by atoms with van der Waals surface area (Å²) in [5, 5.41) is 17.8. The predicted octanol–water partition coefficient (Wildman–Crippen LogP) is 4.87. The first-order chi connectivity index (χ1) is 23.7. The van der Waals surface area contributed by atoms with Crippen LogP contribution in [0.4, 0.5) is 5.69 Å². The average Bonchev–Trinajstić information content (AvgIpc) is 3.35. The van der Waals surface area contributed by atoms with Crippen molar-refractivity contribution in [2.75, 3.05) is 33.2 Å². The molecule has 5 rings (SSSR count). The van der Waals surface area contributed by atoms with Gasteiger partial charge in [-0.25, -0.2) is 0 Å². The van der Waals surface area contributed by atoms with Crippen LogP contribution < -0.4 is 35.6 Å². The Morgan fingerprint density at radius 3 is 2.49 bits per heavy atom. The Hall–Kier alpha value is -5.13. The molecule has 0 radical (unpaired) electrons. The maximum Gasteiger partial charge on any atom is 0.242 e. The van der Waals surface area contributed by atoms with E-state index in [0.29, 0.717) is 42.2 Å². The number of benzene rings is 1. The smallest absolute Gasteiger partial charge is 0.242 e. The second kappa shape index (κ2) is 15.8. The minimum Gasteiger partial charge on any atom is -0.493 e. The number of pyridine rings is 1. The lowest BCUT2D eigenvalue weighted by molar-refractivity contribution is -0.122. The van der Waals surface area contributed by atoms with Crippen molar-refractivity contribution in [3.63, 3.8) is 0 Å². The Kier molecular flexibility index (Phi) is 11.4. The van der Waals surface area contributed by atoms with Crippen LogP contribution in [0.5, 0.6) is 17.2 Å². The first-order valence-corrected chi connectivity index (χ1v) is 16.8. The molecule has 0 bridgehead atoms. The van der Waals surface area contributed by atoms with Crippen LogP contribution >= 0.6 is 0 Å². The molecule has 2 aromatic carbocycles. The lowest BCUT2D eigenvalue weighted by atomic mass is 9.95. The maximum atomic E-state index is 13.8. The Bertz CT molecular complexity index is 1870. The molecule has 0 saturated carbocycles. The number of hydrogen-bond donors (Lipinski definition) is 3. The number of aromatic nitrogens is 3. The number of carbonyl (C=O) groups is 2. The zero-order valence-electron chi connectivity index (χ0n) is 29.1. The number of amides is 2. The lowest BCUT2D eigenvalue weighted by Gasteiger charge is -2.22. The molecule has 4 aromatic rings.